The summed E-state index contributed by atoms with van der Waals surface area (Å²) in [5.41, 5.74) is -0.448. The second kappa shape index (κ2) is 7.19. The third kappa shape index (κ3) is 3.90. The number of benzene rings is 1. The number of ketones is 1. The van der Waals surface area contributed by atoms with Crippen LogP contribution >= 0.6 is 11.6 Å². The lowest BCUT2D eigenvalue weighted by molar-refractivity contribution is -0.0502. The van der Waals surface area contributed by atoms with Crippen molar-refractivity contribution in [3.8, 4) is 5.75 Å². The van der Waals surface area contributed by atoms with Crippen LogP contribution in [-0.4, -0.2) is 30.3 Å². The highest BCUT2D eigenvalue weighted by molar-refractivity contribution is 6.34. The van der Waals surface area contributed by atoms with Crippen LogP contribution in [0.25, 0.3) is 0 Å². The molecule has 1 atom stereocenters. The van der Waals surface area contributed by atoms with Gasteiger partial charge in [-0.3, -0.25) is 4.79 Å². The van der Waals surface area contributed by atoms with Crippen LogP contribution in [-0.2, 0) is 4.74 Å². The van der Waals surface area contributed by atoms with E-state index in [-0.39, 0.29) is 17.7 Å². The smallest absolute Gasteiger partial charge is 0.387 e. The van der Waals surface area contributed by atoms with E-state index < -0.39 is 29.5 Å². The van der Waals surface area contributed by atoms with Crippen LogP contribution in [0.5, 0.6) is 5.75 Å². The van der Waals surface area contributed by atoms with Crippen molar-refractivity contribution in [2.45, 2.75) is 25.8 Å². The molecule has 0 bridgehead atoms. The molecule has 110 valence electrons. The molecule has 0 amide bonds. The number of rotatable bonds is 6. The van der Waals surface area contributed by atoms with Crippen LogP contribution in [0.4, 0.5) is 8.78 Å². The minimum absolute atomic E-state index is 0.0861. The number of hydrogen-bond donors (Lipinski definition) is 0. The fourth-order valence-corrected chi connectivity index (χ4v) is 1.67. The lowest BCUT2D eigenvalue weighted by Crippen LogP contribution is -2.19. The number of esters is 1. The largest absolute Gasteiger partial charge is 0.462 e. The molecule has 1 unspecified atom stereocenters. The Morgan fingerprint density at radius 2 is 2.00 bits per heavy atom. The lowest BCUT2D eigenvalue weighted by atomic mass is 10.0. The molecule has 7 heteroatoms. The van der Waals surface area contributed by atoms with Gasteiger partial charge in [0, 0.05) is 0 Å². The zero-order valence-corrected chi connectivity index (χ0v) is 11.6. The highest BCUT2D eigenvalue weighted by Crippen LogP contribution is 2.27. The number of carbonyl (C=O) groups is 2. The molecule has 0 aliphatic carbocycles. The molecule has 1 aromatic rings. The van der Waals surface area contributed by atoms with E-state index in [0.29, 0.717) is 0 Å². The van der Waals surface area contributed by atoms with Gasteiger partial charge in [0.05, 0.1) is 23.1 Å². The van der Waals surface area contributed by atoms with E-state index in [0.717, 1.165) is 0 Å². The average Bonchev–Trinajstić information content (AvgIpc) is 2.37. The van der Waals surface area contributed by atoms with Gasteiger partial charge in [-0.1, -0.05) is 6.07 Å². The van der Waals surface area contributed by atoms with Crippen molar-refractivity contribution in [3.63, 3.8) is 0 Å². The number of halogens is 3. The monoisotopic (exact) mass is 306 g/mol. The molecule has 1 aromatic carbocycles. The summed E-state index contributed by atoms with van der Waals surface area (Å²) in [6.07, 6.45) is 0. The fraction of sp³-hybridized carbons (Fsp3) is 0.385. The lowest BCUT2D eigenvalue weighted by Gasteiger charge is -2.14. The zero-order chi connectivity index (χ0) is 15.3. The zero-order valence-electron chi connectivity index (χ0n) is 10.9. The maximum Gasteiger partial charge on any atom is 0.387 e. The van der Waals surface area contributed by atoms with Gasteiger partial charge in [-0.05, 0) is 26.0 Å². The Balaban J connectivity index is 3.36. The van der Waals surface area contributed by atoms with E-state index in [1.807, 2.05) is 0 Å². The molecule has 20 heavy (non-hydrogen) atoms. The van der Waals surface area contributed by atoms with E-state index in [1.54, 1.807) is 6.92 Å². The summed E-state index contributed by atoms with van der Waals surface area (Å²) in [5.74, 6) is -1.89. The summed E-state index contributed by atoms with van der Waals surface area (Å²) >= 11 is 5.68. The van der Waals surface area contributed by atoms with Gasteiger partial charge < -0.3 is 9.47 Å². The molecule has 0 aromatic heterocycles. The van der Waals surface area contributed by atoms with Crippen molar-refractivity contribution >= 4 is 23.4 Å². The van der Waals surface area contributed by atoms with Crippen LogP contribution in [0.2, 0.25) is 0 Å². The van der Waals surface area contributed by atoms with Gasteiger partial charge in [0.2, 0.25) is 0 Å². The van der Waals surface area contributed by atoms with E-state index in [1.165, 1.54) is 25.1 Å². The van der Waals surface area contributed by atoms with Crippen molar-refractivity contribution < 1.29 is 27.8 Å². The Labute approximate surface area is 119 Å². The van der Waals surface area contributed by atoms with Crippen LogP contribution in [0.3, 0.4) is 0 Å². The molecule has 0 radical (unpaired) electrons. The second-order valence-corrected chi connectivity index (χ2v) is 4.41. The number of ether oxygens (including phenoxy) is 2. The summed E-state index contributed by atoms with van der Waals surface area (Å²) in [5, 5.41) is -0.995. The molecule has 0 aliphatic heterocycles. The van der Waals surface area contributed by atoms with Crippen LogP contribution < -0.4 is 4.74 Å². The first kappa shape index (κ1) is 16.4. The van der Waals surface area contributed by atoms with Gasteiger partial charge in [-0.25, -0.2) is 4.79 Å². The highest BCUT2D eigenvalue weighted by Gasteiger charge is 2.26. The van der Waals surface area contributed by atoms with Crippen molar-refractivity contribution in [2.75, 3.05) is 6.61 Å². The number of alkyl halides is 3. The summed E-state index contributed by atoms with van der Waals surface area (Å²) in [6.45, 7) is -0.0752. The highest BCUT2D eigenvalue weighted by atomic mass is 35.5. The first-order chi connectivity index (χ1) is 9.38. The predicted octanol–water partition coefficient (Wildman–Crippen LogP) is 3.27. The van der Waals surface area contributed by atoms with Gasteiger partial charge in [0.1, 0.15) is 5.75 Å². The van der Waals surface area contributed by atoms with Crippen LogP contribution in [0.15, 0.2) is 18.2 Å². The SMILES string of the molecule is CCOC(=O)c1cccc(OC(F)F)c1C(=O)C(C)Cl. The summed E-state index contributed by atoms with van der Waals surface area (Å²) in [4.78, 5) is 23.8. The number of Topliss-reactive ketones (excluding diaryl/α,β-unsaturated/α-hetero) is 1. The van der Waals surface area contributed by atoms with Crippen molar-refractivity contribution in [2.24, 2.45) is 0 Å². The Morgan fingerprint density at radius 3 is 2.50 bits per heavy atom. The topological polar surface area (TPSA) is 52.6 Å². The normalized spacial score (nSPS) is 12.1. The van der Waals surface area contributed by atoms with Crippen LogP contribution in [0.1, 0.15) is 34.6 Å². The number of carbonyl (C=O) groups excluding carboxylic acids is 2. The first-order valence-corrected chi connectivity index (χ1v) is 6.25. The standard InChI is InChI=1S/C13H13ClF2O4/c1-3-19-12(18)8-5-4-6-9(20-13(15)16)10(8)11(17)7(2)14/h4-7,13H,3H2,1-2H3. The molecule has 0 heterocycles. The van der Waals surface area contributed by atoms with E-state index in [4.69, 9.17) is 16.3 Å². The van der Waals surface area contributed by atoms with Crippen molar-refractivity contribution in [1.29, 1.82) is 0 Å². The molecule has 0 fully saturated rings. The third-order valence-corrected chi connectivity index (χ3v) is 2.54. The van der Waals surface area contributed by atoms with E-state index >= 15 is 0 Å². The maximum atomic E-state index is 12.4. The van der Waals surface area contributed by atoms with Gasteiger partial charge >= 0.3 is 12.6 Å². The Hall–Kier alpha value is -1.69. The van der Waals surface area contributed by atoms with Gasteiger partial charge in [-0.15, -0.1) is 11.6 Å². The minimum Gasteiger partial charge on any atom is -0.462 e. The quantitative estimate of drug-likeness (QED) is 0.460. The molecule has 4 nitrogen and oxygen atoms in total. The molecule has 0 saturated carbocycles. The van der Waals surface area contributed by atoms with Crippen LogP contribution in [0, 0.1) is 0 Å². The molecule has 0 saturated heterocycles. The van der Waals surface area contributed by atoms with E-state index in [2.05, 4.69) is 4.74 Å². The second-order valence-electron chi connectivity index (χ2n) is 3.76. The molecule has 0 spiro atoms. The minimum atomic E-state index is -3.12. The van der Waals surface area contributed by atoms with Gasteiger partial charge in [0.15, 0.2) is 5.78 Å². The first-order valence-electron chi connectivity index (χ1n) is 5.81. The Morgan fingerprint density at radius 1 is 1.35 bits per heavy atom. The van der Waals surface area contributed by atoms with Crippen molar-refractivity contribution in [1.82, 2.24) is 0 Å². The third-order valence-electron chi connectivity index (χ3n) is 2.35. The predicted molar refractivity (Wildman–Crippen MR) is 68.7 cm³/mol. The fourth-order valence-electron chi connectivity index (χ4n) is 1.56. The van der Waals surface area contributed by atoms with E-state index in [9.17, 15) is 18.4 Å². The summed E-state index contributed by atoms with van der Waals surface area (Å²) < 4.78 is 33.8. The molecule has 0 N–H and O–H groups in total. The average molecular weight is 307 g/mol. The van der Waals surface area contributed by atoms with Gasteiger partial charge in [0.25, 0.3) is 0 Å². The maximum absolute atomic E-state index is 12.4. The Bertz CT molecular complexity index is 503. The summed E-state index contributed by atoms with van der Waals surface area (Å²) in [6, 6.07) is 3.78. The molecule has 0 aliphatic rings. The Kier molecular flexibility index (Phi) is 5.88. The molecular formula is C13H13ClF2O4. The van der Waals surface area contributed by atoms with Crippen molar-refractivity contribution in [3.05, 3.63) is 29.3 Å². The molecule has 1 rings (SSSR count). The molecular weight excluding hydrogens is 294 g/mol. The summed E-state index contributed by atoms with van der Waals surface area (Å²) in [7, 11) is 0. The number of hydrogen-bond acceptors (Lipinski definition) is 4. The van der Waals surface area contributed by atoms with Gasteiger partial charge in [-0.2, -0.15) is 8.78 Å².